The standard InChI is InChI=1S/C18H20ClN3OS.HI/c19-13-5-7-14(8-6-13)24-12-10-21-18(20)22-16-9-11-23-17-4-2-1-3-15(16)17;/h1-8,16H,9-12H2,(H3,20,21,22);1H. The summed E-state index contributed by atoms with van der Waals surface area (Å²) in [4.78, 5) is 5.60. The van der Waals surface area contributed by atoms with Gasteiger partial charge in [0.25, 0.3) is 0 Å². The fourth-order valence-electron chi connectivity index (χ4n) is 2.58. The first kappa shape index (κ1) is 20.2. The van der Waals surface area contributed by atoms with E-state index in [1.54, 1.807) is 11.8 Å². The summed E-state index contributed by atoms with van der Waals surface area (Å²) in [6.07, 6.45) is 0.882. The van der Waals surface area contributed by atoms with E-state index in [9.17, 15) is 0 Å². The topological polar surface area (TPSA) is 59.6 Å². The van der Waals surface area contributed by atoms with E-state index in [-0.39, 0.29) is 30.0 Å². The summed E-state index contributed by atoms with van der Waals surface area (Å²) in [5.74, 6) is 2.27. The van der Waals surface area contributed by atoms with Gasteiger partial charge in [-0.1, -0.05) is 29.8 Å². The van der Waals surface area contributed by atoms with E-state index in [1.807, 2.05) is 42.5 Å². The fourth-order valence-corrected chi connectivity index (χ4v) is 3.45. The van der Waals surface area contributed by atoms with Crippen LogP contribution in [0, 0.1) is 0 Å². The molecular formula is C18H21ClIN3OS. The second-order valence-corrected chi connectivity index (χ2v) is 7.05. The van der Waals surface area contributed by atoms with Crippen molar-refractivity contribution < 1.29 is 4.74 Å². The van der Waals surface area contributed by atoms with E-state index in [0.717, 1.165) is 28.5 Å². The van der Waals surface area contributed by atoms with Crippen molar-refractivity contribution in [3.8, 4) is 5.75 Å². The number of benzene rings is 2. The van der Waals surface area contributed by atoms with E-state index in [0.29, 0.717) is 19.1 Å². The van der Waals surface area contributed by atoms with Crippen LogP contribution in [0.5, 0.6) is 5.75 Å². The van der Waals surface area contributed by atoms with Crippen molar-refractivity contribution in [3.63, 3.8) is 0 Å². The molecule has 1 heterocycles. The summed E-state index contributed by atoms with van der Waals surface area (Å²) in [6, 6.07) is 16.0. The Morgan fingerprint density at radius 1 is 1.24 bits per heavy atom. The molecule has 1 aliphatic heterocycles. The molecule has 0 fully saturated rings. The third kappa shape index (κ3) is 5.97. The smallest absolute Gasteiger partial charge is 0.189 e. The second-order valence-electron chi connectivity index (χ2n) is 5.44. The first-order valence-electron chi connectivity index (χ1n) is 7.89. The highest BCUT2D eigenvalue weighted by Crippen LogP contribution is 2.31. The van der Waals surface area contributed by atoms with E-state index in [2.05, 4.69) is 16.4 Å². The molecule has 1 aliphatic rings. The van der Waals surface area contributed by atoms with Gasteiger partial charge in [-0.2, -0.15) is 0 Å². The van der Waals surface area contributed by atoms with Crippen molar-refractivity contribution in [1.29, 1.82) is 0 Å². The number of ether oxygens (including phenoxy) is 1. The highest BCUT2D eigenvalue weighted by Gasteiger charge is 2.21. The molecule has 0 spiro atoms. The predicted molar refractivity (Wildman–Crippen MR) is 117 cm³/mol. The predicted octanol–water partition coefficient (Wildman–Crippen LogP) is 4.48. The summed E-state index contributed by atoms with van der Waals surface area (Å²) in [5, 5.41) is 4.05. The molecule has 1 unspecified atom stereocenters. The highest BCUT2D eigenvalue weighted by molar-refractivity contribution is 14.0. The summed E-state index contributed by atoms with van der Waals surface area (Å²) in [7, 11) is 0. The van der Waals surface area contributed by atoms with Gasteiger partial charge in [-0.3, -0.25) is 4.99 Å². The van der Waals surface area contributed by atoms with Gasteiger partial charge in [-0.05, 0) is 30.3 Å². The van der Waals surface area contributed by atoms with Crippen molar-refractivity contribution in [2.75, 3.05) is 18.9 Å². The van der Waals surface area contributed by atoms with Crippen LogP contribution in [0.1, 0.15) is 18.0 Å². The molecule has 0 radical (unpaired) electrons. The molecule has 0 amide bonds. The highest BCUT2D eigenvalue weighted by atomic mass is 127. The fraction of sp³-hybridized carbons (Fsp3) is 0.278. The molecule has 134 valence electrons. The number of hydrogen-bond donors (Lipinski definition) is 2. The van der Waals surface area contributed by atoms with Gasteiger partial charge in [-0.15, -0.1) is 35.7 Å². The first-order valence-corrected chi connectivity index (χ1v) is 9.25. The normalized spacial score (nSPS) is 16.4. The third-order valence-electron chi connectivity index (χ3n) is 3.74. The van der Waals surface area contributed by atoms with Gasteiger partial charge in [0.05, 0.1) is 19.2 Å². The molecule has 25 heavy (non-hydrogen) atoms. The number of rotatable bonds is 5. The average Bonchev–Trinajstić information content (AvgIpc) is 2.61. The second kappa shape index (κ2) is 10.1. The molecule has 0 saturated carbocycles. The number of nitrogens with one attached hydrogen (secondary N) is 1. The summed E-state index contributed by atoms with van der Waals surface area (Å²) >= 11 is 7.61. The van der Waals surface area contributed by atoms with Crippen LogP contribution >= 0.6 is 47.3 Å². The quantitative estimate of drug-likeness (QED) is 0.214. The Morgan fingerprint density at radius 3 is 2.80 bits per heavy atom. The van der Waals surface area contributed by atoms with Crippen LogP contribution in [0.25, 0.3) is 0 Å². The molecule has 0 aromatic heterocycles. The SMILES string of the molecule is I.NC(=NCCSc1ccc(Cl)cc1)NC1CCOc2ccccc21. The van der Waals surface area contributed by atoms with Crippen molar-refractivity contribution >= 4 is 53.3 Å². The number of fused-ring (bicyclic) bond motifs is 1. The van der Waals surface area contributed by atoms with Gasteiger partial charge in [0.15, 0.2) is 5.96 Å². The molecule has 0 bridgehead atoms. The monoisotopic (exact) mass is 489 g/mol. The van der Waals surface area contributed by atoms with Crippen LogP contribution in [-0.4, -0.2) is 24.9 Å². The van der Waals surface area contributed by atoms with Gasteiger partial charge in [-0.25, -0.2) is 0 Å². The molecule has 4 nitrogen and oxygen atoms in total. The number of hydrogen-bond acceptors (Lipinski definition) is 3. The largest absolute Gasteiger partial charge is 0.493 e. The lowest BCUT2D eigenvalue weighted by Crippen LogP contribution is -2.37. The van der Waals surface area contributed by atoms with Gasteiger partial charge in [0, 0.05) is 27.7 Å². The molecule has 3 N–H and O–H groups in total. The Bertz CT molecular complexity index is 712. The van der Waals surface area contributed by atoms with Crippen LogP contribution in [0.4, 0.5) is 0 Å². The van der Waals surface area contributed by atoms with E-state index in [4.69, 9.17) is 22.1 Å². The number of para-hydroxylation sites is 1. The Labute approximate surface area is 174 Å². The molecule has 2 aromatic carbocycles. The van der Waals surface area contributed by atoms with E-state index >= 15 is 0 Å². The minimum absolute atomic E-state index is 0. The average molecular weight is 490 g/mol. The lowest BCUT2D eigenvalue weighted by atomic mass is 10.0. The van der Waals surface area contributed by atoms with Gasteiger partial charge >= 0.3 is 0 Å². The van der Waals surface area contributed by atoms with Crippen LogP contribution in [0.3, 0.4) is 0 Å². The number of nitrogens with zero attached hydrogens (tertiary/aromatic N) is 1. The lowest BCUT2D eigenvalue weighted by molar-refractivity contribution is 0.262. The molecule has 7 heteroatoms. The van der Waals surface area contributed by atoms with Crippen molar-refractivity contribution in [2.45, 2.75) is 17.4 Å². The Morgan fingerprint density at radius 2 is 2.00 bits per heavy atom. The number of halogens is 2. The van der Waals surface area contributed by atoms with Crippen molar-refractivity contribution in [1.82, 2.24) is 5.32 Å². The minimum atomic E-state index is 0. The summed E-state index contributed by atoms with van der Waals surface area (Å²) < 4.78 is 5.66. The maximum atomic E-state index is 6.03. The van der Waals surface area contributed by atoms with Gasteiger partial charge in [0.2, 0.25) is 0 Å². The lowest BCUT2D eigenvalue weighted by Gasteiger charge is -2.26. The van der Waals surface area contributed by atoms with Crippen LogP contribution < -0.4 is 15.8 Å². The molecule has 0 saturated heterocycles. The first-order chi connectivity index (χ1) is 11.7. The third-order valence-corrected chi connectivity index (χ3v) is 4.98. The van der Waals surface area contributed by atoms with E-state index < -0.39 is 0 Å². The Hall–Kier alpha value is -1.12. The maximum Gasteiger partial charge on any atom is 0.189 e. The Balaban J connectivity index is 0.00000225. The van der Waals surface area contributed by atoms with Crippen LogP contribution in [0.15, 0.2) is 58.4 Å². The molecular weight excluding hydrogens is 469 g/mol. The van der Waals surface area contributed by atoms with Crippen molar-refractivity contribution in [2.24, 2.45) is 10.7 Å². The number of aliphatic imine (C=N–C) groups is 1. The molecule has 3 rings (SSSR count). The molecule has 0 aliphatic carbocycles. The number of guanidine groups is 1. The maximum absolute atomic E-state index is 6.03. The zero-order chi connectivity index (χ0) is 16.8. The number of nitrogens with two attached hydrogens (primary N) is 1. The van der Waals surface area contributed by atoms with Gasteiger partial charge < -0.3 is 15.8 Å². The summed E-state index contributed by atoms with van der Waals surface area (Å²) in [5.41, 5.74) is 7.17. The minimum Gasteiger partial charge on any atom is -0.493 e. The van der Waals surface area contributed by atoms with Crippen LogP contribution in [-0.2, 0) is 0 Å². The van der Waals surface area contributed by atoms with Gasteiger partial charge in [0.1, 0.15) is 5.75 Å². The summed E-state index contributed by atoms with van der Waals surface area (Å²) in [6.45, 7) is 1.35. The number of thioether (sulfide) groups is 1. The van der Waals surface area contributed by atoms with E-state index in [1.165, 1.54) is 4.90 Å². The molecule has 1 atom stereocenters. The molecule has 2 aromatic rings. The zero-order valence-electron chi connectivity index (χ0n) is 13.7. The van der Waals surface area contributed by atoms with Crippen molar-refractivity contribution in [3.05, 3.63) is 59.1 Å². The Kier molecular flexibility index (Phi) is 8.18. The van der Waals surface area contributed by atoms with Crippen LogP contribution in [0.2, 0.25) is 5.02 Å². The zero-order valence-corrected chi connectivity index (χ0v) is 17.6.